The summed E-state index contributed by atoms with van der Waals surface area (Å²) in [6, 6.07) is 0. The van der Waals surface area contributed by atoms with E-state index in [1.165, 1.54) is 12.8 Å². The van der Waals surface area contributed by atoms with Crippen molar-refractivity contribution in [3.63, 3.8) is 0 Å². The van der Waals surface area contributed by atoms with Gasteiger partial charge in [0, 0.05) is 19.6 Å². The Hall–Kier alpha value is -0.490. The molecule has 4 rings (SSSR count). The molecule has 172 valence electrons. The number of hydrogen-bond acceptors (Lipinski definition) is 5. The van der Waals surface area contributed by atoms with Crippen molar-refractivity contribution in [1.82, 2.24) is 0 Å². The summed E-state index contributed by atoms with van der Waals surface area (Å²) in [5.41, 5.74) is -0.353. The summed E-state index contributed by atoms with van der Waals surface area (Å²) in [7, 11) is 0. The van der Waals surface area contributed by atoms with Gasteiger partial charge in [-0.1, -0.05) is 6.92 Å². The number of Topliss-reactive ketones (excluding diaryl/α,β-unsaturated/α-hetero) is 1. The van der Waals surface area contributed by atoms with Gasteiger partial charge in [0.1, 0.15) is 19.4 Å². The van der Waals surface area contributed by atoms with Crippen molar-refractivity contribution in [2.24, 2.45) is 28.6 Å². The zero-order valence-corrected chi connectivity index (χ0v) is 19.5. The molecular weight excluding hydrogens is 380 g/mol. The zero-order valence-electron chi connectivity index (χ0n) is 19.5. The van der Waals surface area contributed by atoms with Crippen LogP contribution in [0.1, 0.15) is 85.5 Å². The first-order valence-electron chi connectivity index (χ1n) is 12.4. The van der Waals surface area contributed by atoms with E-state index in [1.54, 1.807) is 0 Å². The number of hydrogen-bond donors (Lipinski definition) is 0. The Bertz CT molecular complexity index is 623. The highest BCUT2D eigenvalue weighted by Gasteiger charge is 2.68. The zero-order chi connectivity index (χ0) is 21.4. The summed E-state index contributed by atoms with van der Waals surface area (Å²) in [5.74, 6) is 2.21. The van der Waals surface area contributed by atoms with E-state index in [-0.39, 0.29) is 11.0 Å². The highest BCUT2D eigenvalue weighted by molar-refractivity contribution is 5.88. The van der Waals surface area contributed by atoms with Crippen molar-refractivity contribution in [3.8, 4) is 0 Å². The molecule has 0 N–H and O–H groups in total. The van der Waals surface area contributed by atoms with Gasteiger partial charge in [0.25, 0.3) is 0 Å². The second-order valence-electron chi connectivity index (χ2n) is 10.6. The van der Waals surface area contributed by atoms with Gasteiger partial charge in [-0.25, -0.2) is 0 Å². The van der Waals surface area contributed by atoms with Gasteiger partial charge in [0.2, 0.25) is 0 Å². The number of fused-ring (bicyclic) bond motifs is 5. The molecule has 0 heterocycles. The predicted molar refractivity (Wildman–Crippen MR) is 115 cm³/mol. The molecule has 0 aromatic heterocycles. The van der Waals surface area contributed by atoms with E-state index in [4.69, 9.17) is 18.9 Å². The highest BCUT2D eigenvalue weighted by atomic mass is 16.7. The van der Waals surface area contributed by atoms with E-state index >= 15 is 0 Å². The third-order valence-electron chi connectivity index (χ3n) is 9.67. The standard InChI is InChI=1S/C25H42O5/c1-5-27-16-29-19-9-12-23(3)18(15-19)7-8-21-20(23)10-13-24(4)22(26)11-14-25(21,24)30-17-28-6-2/h18-21H,5-17H2,1-4H3/t18?,19?,20-,21-,23+,24-,25-/m1/s1. The molecule has 0 aromatic rings. The van der Waals surface area contributed by atoms with Crippen molar-refractivity contribution in [2.45, 2.75) is 97.2 Å². The van der Waals surface area contributed by atoms with Gasteiger partial charge >= 0.3 is 0 Å². The van der Waals surface area contributed by atoms with Crippen LogP contribution in [0.15, 0.2) is 0 Å². The van der Waals surface area contributed by atoms with Gasteiger partial charge in [-0.3, -0.25) is 4.79 Å². The number of rotatable bonds is 8. The fraction of sp³-hybridized carbons (Fsp3) is 0.960. The Morgan fingerprint density at radius 2 is 1.67 bits per heavy atom. The maximum absolute atomic E-state index is 13.0. The Labute approximate surface area is 182 Å². The molecule has 4 aliphatic carbocycles. The lowest BCUT2D eigenvalue weighted by atomic mass is 9.44. The average molecular weight is 423 g/mol. The SMILES string of the molecule is CCOCOC1CC[C@@]2(C)C(CC[C@@H]3[C@H]2CC[C@]2(C)C(=O)CC[C@@]32OCOCC)C1. The Morgan fingerprint density at radius 3 is 2.43 bits per heavy atom. The number of ether oxygens (including phenoxy) is 4. The molecule has 7 atom stereocenters. The van der Waals surface area contributed by atoms with Crippen molar-refractivity contribution in [2.75, 3.05) is 26.8 Å². The van der Waals surface area contributed by atoms with Crippen LogP contribution in [-0.2, 0) is 23.7 Å². The first-order valence-corrected chi connectivity index (χ1v) is 12.4. The lowest BCUT2D eigenvalue weighted by Gasteiger charge is -2.63. The molecule has 0 radical (unpaired) electrons. The van der Waals surface area contributed by atoms with Crippen molar-refractivity contribution >= 4 is 5.78 Å². The lowest BCUT2D eigenvalue weighted by molar-refractivity contribution is -0.253. The van der Waals surface area contributed by atoms with Crippen LogP contribution in [0.3, 0.4) is 0 Å². The largest absolute Gasteiger partial charge is 0.356 e. The molecule has 0 bridgehead atoms. The Kier molecular flexibility index (Phi) is 6.66. The normalized spacial score (nSPS) is 45.7. The van der Waals surface area contributed by atoms with Crippen LogP contribution in [0.4, 0.5) is 0 Å². The lowest BCUT2D eigenvalue weighted by Crippen LogP contribution is -2.63. The van der Waals surface area contributed by atoms with Crippen molar-refractivity contribution in [3.05, 3.63) is 0 Å². The Balaban J connectivity index is 1.54. The molecule has 0 saturated heterocycles. The number of ketones is 1. The molecule has 4 fully saturated rings. The Morgan fingerprint density at radius 1 is 0.900 bits per heavy atom. The summed E-state index contributed by atoms with van der Waals surface area (Å²) in [6.45, 7) is 10.8. The third kappa shape index (κ3) is 3.48. The molecule has 0 aromatic carbocycles. The minimum absolute atomic E-state index is 0.316. The van der Waals surface area contributed by atoms with Crippen LogP contribution in [0, 0.1) is 28.6 Å². The smallest absolute Gasteiger partial charge is 0.147 e. The molecule has 5 heteroatoms. The number of carbonyl (C=O) groups excluding carboxylic acids is 1. The first kappa shape index (κ1) is 22.7. The second kappa shape index (κ2) is 8.80. The van der Waals surface area contributed by atoms with Crippen LogP contribution in [0.2, 0.25) is 0 Å². The van der Waals surface area contributed by atoms with Gasteiger partial charge in [0.15, 0.2) is 0 Å². The van der Waals surface area contributed by atoms with Crippen LogP contribution in [0.25, 0.3) is 0 Å². The first-order chi connectivity index (χ1) is 14.4. The molecule has 2 unspecified atom stereocenters. The van der Waals surface area contributed by atoms with Crippen LogP contribution in [0.5, 0.6) is 0 Å². The molecular formula is C25H42O5. The third-order valence-corrected chi connectivity index (χ3v) is 9.67. The molecule has 5 nitrogen and oxygen atoms in total. The summed E-state index contributed by atoms with van der Waals surface area (Å²) in [6.07, 6.45) is 9.85. The number of carbonyl (C=O) groups is 1. The minimum atomic E-state index is -0.341. The molecule has 0 aliphatic heterocycles. The molecule has 0 amide bonds. The molecule has 4 saturated carbocycles. The van der Waals surface area contributed by atoms with Gasteiger partial charge in [-0.05, 0) is 95.3 Å². The van der Waals surface area contributed by atoms with Crippen LogP contribution in [-0.4, -0.2) is 44.3 Å². The monoisotopic (exact) mass is 422 g/mol. The minimum Gasteiger partial charge on any atom is -0.356 e. The quantitative estimate of drug-likeness (QED) is 0.402. The summed E-state index contributed by atoms with van der Waals surface area (Å²) < 4.78 is 23.7. The van der Waals surface area contributed by atoms with E-state index in [9.17, 15) is 4.79 Å². The van der Waals surface area contributed by atoms with Gasteiger partial charge in [-0.15, -0.1) is 0 Å². The molecule has 0 spiro atoms. The maximum Gasteiger partial charge on any atom is 0.147 e. The molecule has 30 heavy (non-hydrogen) atoms. The van der Waals surface area contributed by atoms with E-state index in [1.807, 2.05) is 13.8 Å². The highest BCUT2D eigenvalue weighted by Crippen LogP contribution is 2.68. The summed E-state index contributed by atoms with van der Waals surface area (Å²) in [5, 5.41) is 0. The van der Waals surface area contributed by atoms with E-state index in [0.717, 1.165) is 38.5 Å². The second-order valence-corrected chi connectivity index (χ2v) is 10.6. The average Bonchev–Trinajstić information content (AvgIpc) is 3.00. The van der Waals surface area contributed by atoms with Gasteiger partial charge in [-0.2, -0.15) is 0 Å². The van der Waals surface area contributed by atoms with E-state index in [2.05, 4.69) is 13.8 Å². The maximum atomic E-state index is 13.0. The topological polar surface area (TPSA) is 54.0 Å². The van der Waals surface area contributed by atoms with Crippen molar-refractivity contribution in [1.29, 1.82) is 0 Å². The fourth-order valence-electron chi connectivity index (χ4n) is 7.87. The summed E-state index contributed by atoms with van der Waals surface area (Å²) in [4.78, 5) is 13.0. The van der Waals surface area contributed by atoms with Gasteiger partial charge < -0.3 is 18.9 Å². The van der Waals surface area contributed by atoms with E-state index in [0.29, 0.717) is 68.3 Å². The molecule has 4 aliphatic rings. The van der Waals surface area contributed by atoms with Crippen LogP contribution < -0.4 is 0 Å². The predicted octanol–water partition coefficient (Wildman–Crippen LogP) is 5.11. The van der Waals surface area contributed by atoms with Crippen molar-refractivity contribution < 1.29 is 23.7 Å². The fourth-order valence-corrected chi connectivity index (χ4v) is 7.87. The van der Waals surface area contributed by atoms with E-state index < -0.39 is 0 Å². The van der Waals surface area contributed by atoms with Crippen LogP contribution >= 0.6 is 0 Å². The van der Waals surface area contributed by atoms with Gasteiger partial charge in [0.05, 0.1) is 17.1 Å². The summed E-state index contributed by atoms with van der Waals surface area (Å²) >= 11 is 0.